The number of amides is 2. The van der Waals surface area contributed by atoms with Crippen LogP contribution in [-0.2, 0) is 9.59 Å². The lowest BCUT2D eigenvalue weighted by Gasteiger charge is -1.97. The molecule has 2 amide bonds. The van der Waals surface area contributed by atoms with Gasteiger partial charge in [-0.1, -0.05) is 0 Å². The van der Waals surface area contributed by atoms with Gasteiger partial charge < -0.3 is 11.1 Å². The van der Waals surface area contributed by atoms with Crippen LogP contribution in [-0.4, -0.2) is 11.8 Å². The quantitative estimate of drug-likeness (QED) is 0.619. The van der Waals surface area contributed by atoms with Crippen LogP contribution in [0.5, 0.6) is 0 Å². The number of primary amides is 1. The molecule has 0 saturated carbocycles. The van der Waals surface area contributed by atoms with E-state index in [0.29, 0.717) is 10.6 Å². The number of hydrogen-bond donors (Lipinski definition) is 2. The van der Waals surface area contributed by atoms with Crippen molar-refractivity contribution in [2.45, 2.75) is 0 Å². The lowest BCUT2D eigenvalue weighted by atomic mass is 10.3. The molecule has 1 heterocycles. The van der Waals surface area contributed by atoms with E-state index in [4.69, 9.17) is 11.0 Å². The zero-order chi connectivity index (χ0) is 9.84. The maximum atomic E-state index is 10.8. The standard InChI is InChI=1S/C7H5N3O2S/c8-3-4-1-2-13-7(4)10-6(12)5(9)11/h1-2H,(H2,9,11)(H,10,12). The second-order valence-corrected chi connectivity index (χ2v) is 3.01. The van der Waals surface area contributed by atoms with Crippen molar-refractivity contribution in [2.75, 3.05) is 5.32 Å². The van der Waals surface area contributed by atoms with Gasteiger partial charge in [-0.05, 0) is 11.4 Å². The van der Waals surface area contributed by atoms with Crippen molar-refractivity contribution in [3.63, 3.8) is 0 Å². The topological polar surface area (TPSA) is 96.0 Å². The summed E-state index contributed by atoms with van der Waals surface area (Å²) in [6, 6.07) is 3.41. The van der Waals surface area contributed by atoms with E-state index in [1.165, 1.54) is 0 Å². The van der Waals surface area contributed by atoms with E-state index in [-0.39, 0.29) is 0 Å². The summed E-state index contributed by atoms with van der Waals surface area (Å²) in [5, 5.41) is 12.7. The zero-order valence-electron chi connectivity index (χ0n) is 6.40. The molecule has 0 aliphatic rings. The van der Waals surface area contributed by atoms with Gasteiger partial charge in [-0.2, -0.15) is 5.26 Å². The van der Waals surface area contributed by atoms with E-state index >= 15 is 0 Å². The molecular weight excluding hydrogens is 190 g/mol. The van der Waals surface area contributed by atoms with Gasteiger partial charge in [0.15, 0.2) is 0 Å². The average molecular weight is 195 g/mol. The van der Waals surface area contributed by atoms with Crippen molar-refractivity contribution in [3.05, 3.63) is 17.0 Å². The van der Waals surface area contributed by atoms with Gasteiger partial charge in [-0.25, -0.2) is 0 Å². The second-order valence-electron chi connectivity index (χ2n) is 2.09. The predicted octanol–water partition coefficient (Wildman–Crippen LogP) is 0.0436. The number of nitrogens with two attached hydrogens (primary N) is 1. The summed E-state index contributed by atoms with van der Waals surface area (Å²) >= 11 is 1.16. The Morgan fingerprint density at radius 2 is 2.31 bits per heavy atom. The van der Waals surface area contributed by atoms with Crippen molar-refractivity contribution < 1.29 is 9.59 Å². The van der Waals surface area contributed by atoms with Crippen LogP contribution in [0.15, 0.2) is 11.4 Å². The van der Waals surface area contributed by atoms with Crippen LogP contribution in [0.4, 0.5) is 5.00 Å². The molecule has 0 aliphatic heterocycles. The Kier molecular flexibility index (Phi) is 2.62. The van der Waals surface area contributed by atoms with Crippen LogP contribution < -0.4 is 11.1 Å². The minimum Gasteiger partial charge on any atom is -0.361 e. The maximum absolute atomic E-state index is 10.8. The Hall–Kier alpha value is -1.87. The Morgan fingerprint density at radius 3 is 2.85 bits per heavy atom. The fourth-order valence-electron chi connectivity index (χ4n) is 0.659. The molecule has 3 N–H and O–H groups in total. The largest absolute Gasteiger partial charge is 0.361 e. The van der Waals surface area contributed by atoms with E-state index in [1.807, 2.05) is 6.07 Å². The van der Waals surface area contributed by atoms with E-state index in [9.17, 15) is 9.59 Å². The molecule has 0 bridgehead atoms. The van der Waals surface area contributed by atoms with Gasteiger partial charge in [-0.3, -0.25) is 9.59 Å². The summed E-state index contributed by atoms with van der Waals surface area (Å²) in [5.41, 5.74) is 5.03. The molecule has 6 heteroatoms. The van der Waals surface area contributed by atoms with Gasteiger partial charge in [0.1, 0.15) is 11.1 Å². The van der Waals surface area contributed by atoms with E-state index in [1.54, 1.807) is 11.4 Å². The van der Waals surface area contributed by atoms with Gasteiger partial charge in [0.25, 0.3) is 0 Å². The van der Waals surface area contributed by atoms with Crippen LogP contribution in [0.25, 0.3) is 0 Å². The monoisotopic (exact) mass is 195 g/mol. The molecule has 1 aromatic rings. The first kappa shape index (κ1) is 9.22. The first-order valence-corrected chi connectivity index (χ1v) is 4.11. The predicted molar refractivity (Wildman–Crippen MR) is 46.9 cm³/mol. The Labute approximate surface area is 77.8 Å². The first-order valence-electron chi connectivity index (χ1n) is 3.23. The van der Waals surface area contributed by atoms with Crippen LogP contribution in [0.1, 0.15) is 5.56 Å². The third kappa shape index (κ3) is 2.04. The maximum Gasteiger partial charge on any atom is 0.314 e. The number of carbonyl (C=O) groups excluding carboxylic acids is 2. The van der Waals surface area contributed by atoms with Crippen molar-refractivity contribution in [2.24, 2.45) is 5.73 Å². The van der Waals surface area contributed by atoms with E-state index in [2.05, 4.69) is 5.32 Å². The van der Waals surface area contributed by atoms with Crippen molar-refractivity contribution >= 4 is 28.2 Å². The first-order chi connectivity index (χ1) is 6.15. The van der Waals surface area contributed by atoms with Crippen LogP contribution in [0.2, 0.25) is 0 Å². The highest BCUT2D eigenvalue weighted by molar-refractivity contribution is 7.14. The van der Waals surface area contributed by atoms with Gasteiger partial charge in [0, 0.05) is 0 Å². The lowest BCUT2D eigenvalue weighted by molar-refractivity contribution is -0.134. The highest BCUT2D eigenvalue weighted by Crippen LogP contribution is 2.21. The third-order valence-electron chi connectivity index (χ3n) is 1.24. The highest BCUT2D eigenvalue weighted by atomic mass is 32.1. The van der Waals surface area contributed by atoms with Gasteiger partial charge in [0.05, 0.1) is 5.56 Å². The molecule has 0 aliphatic carbocycles. The van der Waals surface area contributed by atoms with Crippen LogP contribution in [0.3, 0.4) is 0 Å². The number of hydrogen-bond acceptors (Lipinski definition) is 4. The molecule has 0 radical (unpaired) electrons. The number of thiophene rings is 1. The minimum absolute atomic E-state index is 0.319. The van der Waals surface area contributed by atoms with Gasteiger partial charge in [-0.15, -0.1) is 11.3 Å². The SMILES string of the molecule is N#Cc1ccsc1NC(=O)C(N)=O. The molecule has 5 nitrogen and oxygen atoms in total. The summed E-state index contributed by atoms with van der Waals surface area (Å²) in [5.74, 6) is -1.99. The minimum atomic E-state index is -1.07. The Morgan fingerprint density at radius 1 is 1.62 bits per heavy atom. The molecule has 66 valence electrons. The van der Waals surface area contributed by atoms with Crippen LogP contribution in [0, 0.1) is 11.3 Å². The summed E-state index contributed by atoms with van der Waals surface area (Å²) in [6.07, 6.45) is 0. The molecule has 0 fully saturated rings. The fourth-order valence-corrected chi connectivity index (χ4v) is 1.39. The van der Waals surface area contributed by atoms with E-state index < -0.39 is 11.8 Å². The van der Waals surface area contributed by atoms with Gasteiger partial charge in [0.2, 0.25) is 0 Å². The highest BCUT2D eigenvalue weighted by Gasteiger charge is 2.11. The number of anilines is 1. The molecule has 0 aromatic carbocycles. The van der Waals surface area contributed by atoms with Crippen molar-refractivity contribution in [1.82, 2.24) is 0 Å². The molecule has 13 heavy (non-hydrogen) atoms. The number of rotatable bonds is 1. The Bertz CT molecular complexity index is 391. The molecular formula is C7H5N3O2S. The number of nitriles is 1. The molecule has 0 spiro atoms. The summed E-state index contributed by atoms with van der Waals surface area (Å²) in [7, 11) is 0. The number of nitrogens with zero attached hydrogens (tertiary/aromatic N) is 1. The molecule has 0 unspecified atom stereocenters. The molecule has 0 atom stereocenters. The average Bonchev–Trinajstić information content (AvgIpc) is 2.51. The summed E-state index contributed by atoms with van der Waals surface area (Å²) in [6.45, 7) is 0. The zero-order valence-corrected chi connectivity index (χ0v) is 7.22. The molecule has 0 saturated heterocycles. The van der Waals surface area contributed by atoms with Gasteiger partial charge >= 0.3 is 11.8 Å². The Balaban J connectivity index is 2.81. The normalized spacial score (nSPS) is 8.85. The van der Waals surface area contributed by atoms with Crippen molar-refractivity contribution in [1.29, 1.82) is 5.26 Å². The fraction of sp³-hybridized carbons (Fsp3) is 0. The smallest absolute Gasteiger partial charge is 0.314 e. The third-order valence-corrected chi connectivity index (χ3v) is 2.07. The number of carbonyl (C=O) groups is 2. The van der Waals surface area contributed by atoms with E-state index in [0.717, 1.165) is 11.3 Å². The lowest BCUT2D eigenvalue weighted by Crippen LogP contribution is -2.29. The molecule has 1 rings (SSSR count). The summed E-state index contributed by atoms with van der Waals surface area (Å²) < 4.78 is 0. The second kappa shape index (κ2) is 3.69. The molecule has 1 aromatic heterocycles. The van der Waals surface area contributed by atoms with Crippen molar-refractivity contribution in [3.8, 4) is 6.07 Å². The van der Waals surface area contributed by atoms with Crippen LogP contribution >= 0.6 is 11.3 Å². The summed E-state index contributed by atoms with van der Waals surface area (Å²) in [4.78, 5) is 21.1. The number of nitrogens with one attached hydrogen (secondary N) is 1.